The van der Waals surface area contributed by atoms with Gasteiger partial charge in [0.15, 0.2) is 0 Å². The van der Waals surface area contributed by atoms with Gasteiger partial charge < -0.3 is 11.5 Å². The molecule has 0 saturated heterocycles. The van der Waals surface area contributed by atoms with E-state index in [2.05, 4.69) is 0 Å². The number of hydrogen-bond donors (Lipinski definition) is 2. The van der Waals surface area contributed by atoms with Crippen LogP contribution in [0.1, 0.15) is 13.3 Å². The average Bonchev–Trinajstić information content (AvgIpc) is 1.38. The highest BCUT2D eigenvalue weighted by molar-refractivity contribution is 4.40. The van der Waals surface area contributed by atoms with Gasteiger partial charge in [-0.05, 0) is 6.42 Å². The summed E-state index contributed by atoms with van der Waals surface area (Å²) >= 11 is 0. The zero-order chi connectivity index (χ0) is 4.28. The molecule has 0 heterocycles. The first-order chi connectivity index (χ1) is 2.27. The maximum atomic E-state index is 5.07. The largest absolute Gasteiger partial charge is 0.316 e. The van der Waals surface area contributed by atoms with Gasteiger partial charge in [0.2, 0.25) is 0 Å². The van der Waals surface area contributed by atoms with Crippen molar-refractivity contribution >= 4 is 0 Å². The van der Waals surface area contributed by atoms with Crippen LogP contribution >= 0.6 is 0 Å². The fraction of sp³-hybridized carbons (Fsp3) is 1.00. The Kier molecular flexibility index (Phi) is 20.9. The minimum absolute atomic E-state index is 0. The molecule has 0 atom stereocenters. The summed E-state index contributed by atoms with van der Waals surface area (Å²) < 4.78 is 0. The molecule has 0 aliphatic rings. The molecule has 0 aliphatic carbocycles. The Balaban J connectivity index is -0.0000000800. The summed E-state index contributed by atoms with van der Waals surface area (Å²) in [4.78, 5) is 0. The van der Waals surface area contributed by atoms with E-state index in [9.17, 15) is 0 Å². The fourth-order valence-corrected chi connectivity index (χ4v) is 0. The summed E-state index contributed by atoms with van der Waals surface area (Å²) in [7, 11) is 0. The van der Waals surface area contributed by atoms with Crippen molar-refractivity contribution in [3.8, 4) is 0 Å². The fourth-order valence-electron chi connectivity index (χ4n) is 0. The lowest BCUT2D eigenvalue weighted by atomic mass is 10.4. The first-order valence-corrected chi connectivity index (χ1v) is 1.78. The lowest BCUT2D eigenvalue weighted by Crippen LogP contribution is -2.28. The van der Waals surface area contributed by atoms with E-state index in [1.807, 2.05) is 6.92 Å². The molecule has 2 nitrogen and oxygen atoms in total. The number of nitrogens with two attached hydrogens (primary N) is 2. The second kappa shape index (κ2) is 9.24. The van der Waals surface area contributed by atoms with E-state index in [-0.39, 0.29) is 15.6 Å². The van der Waals surface area contributed by atoms with E-state index < -0.39 is 0 Å². The van der Waals surface area contributed by atoms with Gasteiger partial charge in [-0.2, -0.15) is 0 Å². The minimum atomic E-state index is -0.116. The third kappa shape index (κ3) is 26.1. The van der Waals surface area contributed by atoms with Crippen LogP contribution in [-0.2, 0) is 0 Å². The number of hydrogen-bond acceptors (Lipinski definition) is 2. The summed E-state index contributed by atoms with van der Waals surface area (Å²) in [5.74, 6) is 0. The van der Waals surface area contributed by atoms with Crippen molar-refractivity contribution < 1.29 is 9.41 Å². The van der Waals surface area contributed by atoms with Crippen LogP contribution in [0.3, 0.4) is 0 Å². The molecule has 48 valence electrons. The van der Waals surface area contributed by atoms with E-state index >= 15 is 0 Å². The zero-order valence-electron chi connectivity index (χ0n) is 4.26. The molecule has 0 unspecified atom stereocenters. The summed E-state index contributed by atoms with van der Waals surface area (Å²) in [6.07, 6.45) is 0.745. The van der Waals surface area contributed by atoms with Crippen molar-refractivity contribution in [2.45, 2.75) is 19.5 Å². The van der Waals surface area contributed by atoms with Gasteiger partial charge in [0.25, 0.3) is 0 Å². The van der Waals surface area contributed by atoms with Crippen LogP contribution in [0.15, 0.2) is 0 Å². The Bertz CT molecular complexity index is 24.9. The maximum Gasteiger partial charge on any atom is 0.0518 e. The maximum absolute atomic E-state index is 5.07. The molecule has 7 heavy (non-hydrogen) atoms. The summed E-state index contributed by atoms with van der Waals surface area (Å²) in [6.45, 7) is 1.95. The predicted molar refractivity (Wildman–Crippen MR) is 27.5 cm³/mol. The summed E-state index contributed by atoms with van der Waals surface area (Å²) in [5.41, 5.74) is 10.1. The van der Waals surface area contributed by atoms with Crippen molar-refractivity contribution in [2.75, 3.05) is 0 Å². The van der Waals surface area contributed by atoms with Crippen molar-refractivity contribution in [3.05, 3.63) is 0 Å². The summed E-state index contributed by atoms with van der Waals surface area (Å²) in [5, 5.41) is 0. The van der Waals surface area contributed by atoms with E-state index in [1.54, 1.807) is 0 Å². The second-order valence-corrected chi connectivity index (χ2v) is 1.07. The number of halogens is 2. The third-order valence-corrected chi connectivity index (χ3v) is 0.471. The molecular formula is C3H12F2N2. The smallest absolute Gasteiger partial charge is 0.0518 e. The molecule has 0 aromatic carbocycles. The minimum Gasteiger partial charge on any atom is -0.316 e. The van der Waals surface area contributed by atoms with E-state index in [1.165, 1.54) is 0 Å². The van der Waals surface area contributed by atoms with Gasteiger partial charge in [0, 0.05) is 0 Å². The lowest BCUT2D eigenvalue weighted by molar-refractivity contribution is 0.682. The van der Waals surface area contributed by atoms with Crippen molar-refractivity contribution in [2.24, 2.45) is 11.5 Å². The molecule has 0 saturated carbocycles. The molecule has 0 radical (unpaired) electrons. The van der Waals surface area contributed by atoms with Crippen molar-refractivity contribution in [3.63, 3.8) is 0 Å². The molecule has 4 heteroatoms. The highest BCUT2D eigenvalue weighted by Crippen LogP contribution is 1.68. The van der Waals surface area contributed by atoms with E-state index in [0.29, 0.717) is 0 Å². The Morgan fingerprint density at radius 3 is 1.43 bits per heavy atom. The molecule has 0 aliphatic heterocycles. The SMILES string of the molecule is CCC(N)N.F.F. The van der Waals surface area contributed by atoms with Crippen LogP contribution in [0.2, 0.25) is 0 Å². The van der Waals surface area contributed by atoms with Crippen molar-refractivity contribution in [1.82, 2.24) is 0 Å². The lowest BCUT2D eigenvalue weighted by Gasteiger charge is -1.92. The highest BCUT2D eigenvalue weighted by Gasteiger charge is 1.79. The van der Waals surface area contributed by atoms with E-state index in [4.69, 9.17) is 11.5 Å². The van der Waals surface area contributed by atoms with Gasteiger partial charge >= 0.3 is 0 Å². The first-order valence-electron chi connectivity index (χ1n) is 1.78. The Morgan fingerprint density at radius 1 is 1.29 bits per heavy atom. The molecular weight excluding hydrogens is 102 g/mol. The van der Waals surface area contributed by atoms with Gasteiger partial charge in [-0.15, -0.1) is 0 Å². The standard InChI is InChI=1S/C3H10N2.2FH/c1-2-3(4)5;;/h3H,2,4-5H2,1H3;2*1H. The van der Waals surface area contributed by atoms with Gasteiger partial charge in [-0.3, -0.25) is 9.41 Å². The quantitative estimate of drug-likeness (QED) is 0.469. The van der Waals surface area contributed by atoms with Crippen LogP contribution < -0.4 is 11.5 Å². The molecule has 0 bridgehead atoms. The van der Waals surface area contributed by atoms with Crippen molar-refractivity contribution in [1.29, 1.82) is 0 Å². The first kappa shape index (κ1) is 15.9. The van der Waals surface area contributed by atoms with E-state index in [0.717, 1.165) is 6.42 Å². The van der Waals surface area contributed by atoms with Gasteiger partial charge in [-0.1, -0.05) is 6.92 Å². The zero-order valence-corrected chi connectivity index (χ0v) is 4.26. The van der Waals surface area contributed by atoms with Crippen LogP contribution in [0, 0.1) is 0 Å². The van der Waals surface area contributed by atoms with Crippen LogP contribution in [0.5, 0.6) is 0 Å². The predicted octanol–water partition coefficient (Wildman–Crippen LogP) is -0.0551. The normalized spacial score (nSPS) is 6.86. The third-order valence-electron chi connectivity index (χ3n) is 0.471. The molecule has 0 fully saturated rings. The van der Waals surface area contributed by atoms with Gasteiger partial charge in [-0.25, -0.2) is 0 Å². The van der Waals surface area contributed by atoms with Crippen LogP contribution in [0.4, 0.5) is 9.41 Å². The Morgan fingerprint density at radius 2 is 1.43 bits per heavy atom. The molecule has 0 spiro atoms. The molecule has 0 rings (SSSR count). The van der Waals surface area contributed by atoms with Crippen LogP contribution in [0.25, 0.3) is 0 Å². The summed E-state index contributed by atoms with van der Waals surface area (Å²) in [6, 6.07) is 0. The Hall–Kier alpha value is -0.220. The van der Waals surface area contributed by atoms with Gasteiger partial charge in [0.05, 0.1) is 6.17 Å². The van der Waals surface area contributed by atoms with Gasteiger partial charge in [0.1, 0.15) is 0 Å². The van der Waals surface area contributed by atoms with Crippen LogP contribution in [-0.4, -0.2) is 6.17 Å². The Labute approximate surface area is 41.6 Å². The highest BCUT2D eigenvalue weighted by atomic mass is 19.0. The molecule has 0 aromatic rings. The number of rotatable bonds is 1. The topological polar surface area (TPSA) is 52.0 Å². The monoisotopic (exact) mass is 114 g/mol. The molecule has 0 amide bonds. The average molecular weight is 114 g/mol. The molecule has 4 N–H and O–H groups in total. The molecule has 0 aromatic heterocycles. The second-order valence-electron chi connectivity index (χ2n) is 1.07.